The lowest BCUT2D eigenvalue weighted by molar-refractivity contribution is -0.135. The van der Waals surface area contributed by atoms with Gasteiger partial charge in [0, 0.05) is 17.5 Å². The summed E-state index contributed by atoms with van der Waals surface area (Å²) in [4.78, 5) is 27.7. The van der Waals surface area contributed by atoms with Crippen LogP contribution in [0.2, 0.25) is 0 Å². The number of rotatable bonds is 3. The first-order chi connectivity index (χ1) is 9.93. The van der Waals surface area contributed by atoms with E-state index < -0.39 is 11.5 Å². The van der Waals surface area contributed by atoms with Crippen LogP contribution >= 0.6 is 11.3 Å². The Kier molecular flexibility index (Phi) is 3.19. The average molecular weight is 301 g/mol. The zero-order valence-corrected chi connectivity index (χ0v) is 12.6. The van der Waals surface area contributed by atoms with Gasteiger partial charge in [0.15, 0.2) is 11.4 Å². The van der Waals surface area contributed by atoms with E-state index in [1.54, 1.807) is 37.4 Å². The second-order valence-corrected chi connectivity index (χ2v) is 6.54. The Morgan fingerprint density at radius 2 is 2.00 bits per heavy atom. The number of thiophene rings is 1. The minimum absolute atomic E-state index is 0.214. The number of carbonyl (C=O) groups excluding carboxylic acids is 2. The van der Waals surface area contributed by atoms with Gasteiger partial charge in [0.2, 0.25) is 0 Å². The highest BCUT2D eigenvalue weighted by Gasteiger charge is 2.49. The number of hydrogen-bond acceptors (Lipinski definition) is 4. The standard InChI is InChI=1S/C16H15NO3S/c1-10-7-8-14(21-10)13(18)9-16(20)11-5-3-4-6-12(11)17(2)15(16)19/h3-8,20H,9H2,1-2H3/t16-/m1/s1. The van der Waals surface area contributed by atoms with Gasteiger partial charge in [-0.05, 0) is 25.1 Å². The lowest BCUT2D eigenvalue weighted by atomic mass is 9.89. The topological polar surface area (TPSA) is 57.6 Å². The number of aryl methyl sites for hydroxylation is 1. The van der Waals surface area contributed by atoms with Crippen LogP contribution in [0.15, 0.2) is 36.4 Å². The second kappa shape index (κ2) is 4.79. The summed E-state index contributed by atoms with van der Waals surface area (Å²) in [5, 5.41) is 10.8. The first-order valence-corrected chi connectivity index (χ1v) is 7.45. The van der Waals surface area contributed by atoms with E-state index in [2.05, 4.69) is 0 Å². The lowest BCUT2D eigenvalue weighted by Gasteiger charge is -2.20. The number of para-hydroxylation sites is 1. The molecule has 3 rings (SSSR count). The van der Waals surface area contributed by atoms with Crippen LogP contribution in [0.1, 0.15) is 26.5 Å². The molecule has 21 heavy (non-hydrogen) atoms. The molecule has 0 radical (unpaired) electrons. The van der Waals surface area contributed by atoms with Gasteiger partial charge >= 0.3 is 0 Å². The number of ketones is 1. The van der Waals surface area contributed by atoms with Crippen molar-refractivity contribution in [2.24, 2.45) is 0 Å². The summed E-state index contributed by atoms with van der Waals surface area (Å²) in [6, 6.07) is 10.6. The summed E-state index contributed by atoms with van der Waals surface area (Å²) in [6.07, 6.45) is -0.229. The number of carbonyl (C=O) groups is 2. The fourth-order valence-electron chi connectivity index (χ4n) is 2.69. The predicted octanol–water partition coefficient (Wildman–Crippen LogP) is 2.49. The third-order valence-corrected chi connectivity index (χ3v) is 4.84. The minimum Gasteiger partial charge on any atom is -0.375 e. The molecule has 0 aliphatic carbocycles. The van der Waals surface area contributed by atoms with Crippen LogP contribution in [-0.4, -0.2) is 23.8 Å². The lowest BCUT2D eigenvalue weighted by Crippen LogP contribution is -2.40. The maximum atomic E-state index is 12.4. The van der Waals surface area contributed by atoms with Crippen molar-refractivity contribution in [3.63, 3.8) is 0 Å². The maximum Gasteiger partial charge on any atom is 0.263 e. The van der Waals surface area contributed by atoms with Crippen molar-refractivity contribution >= 4 is 28.7 Å². The highest BCUT2D eigenvalue weighted by atomic mass is 32.1. The average Bonchev–Trinajstić information content (AvgIpc) is 2.98. The van der Waals surface area contributed by atoms with E-state index in [0.717, 1.165) is 4.88 Å². The van der Waals surface area contributed by atoms with Crippen LogP contribution in [0.4, 0.5) is 5.69 Å². The van der Waals surface area contributed by atoms with Crippen LogP contribution in [0.25, 0.3) is 0 Å². The van der Waals surface area contributed by atoms with Gasteiger partial charge < -0.3 is 10.0 Å². The Bertz CT molecular complexity index is 737. The molecule has 4 nitrogen and oxygen atoms in total. The molecule has 0 unspecified atom stereocenters. The number of fused-ring (bicyclic) bond motifs is 1. The van der Waals surface area contributed by atoms with Crippen LogP contribution in [0.5, 0.6) is 0 Å². The summed E-state index contributed by atoms with van der Waals surface area (Å²) >= 11 is 1.38. The van der Waals surface area contributed by atoms with Crippen molar-refractivity contribution in [3.8, 4) is 0 Å². The Morgan fingerprint density at radius 3 is 2.67 bits per heavy atom. The molecule has 1 atom stereocenters. The number of anilines is 1. The van der Waals surface area contributed by atoms with Gasteiger partial charge in [0.05, 0.1) is 17.0 Å². The highest BCUT2D eigenvalue weighted by molar-refractivity contribution is 7.14. The smallest absolute Gasteiger partial charge is 0.263 e. The molecule has 1 aliphatic rings. The van der Waals surface area contributed by atoms with Crippen LogP contribution in [0, 0.1) is 6.92 Å². The Labute approximate surface area is 126 Å². The van der Waals surface area contributed by atoms with Gasteiger partial charge in [-0.25, -0.2) is 0 Å². The van der Waals surface area contributed by atoms with Crippen molar-refractivity contribution in [1.82, 2.24) is 0 Å². The third kappa shape index (κ3) is 2.09. The highest BCUT2D eigenvalue weighted by Crippen LogP contribution is 2.42. The van der Waals surface area contributed by atoms with Gasteiger partial charge in [-0.3, -0.25) is 9.59 Å². The minimum atomic E-state index is -1.76. The summed E-state index contributed by atoms with van der Waals surface area (Å²) in [5.74, 6) is -0.667. The monoisotopic (exact) mass is 301 g/mol. The molecule has 0 fully saturated rings. The molecule has 0 saturated heterocycles. The number of benzene rings is 1. The van der Waals surface area contributed by atoms with E-state index in [1.807, 2.05) is 13.0 Å². The molecule has 2 heterocycles. The van der Waals surface area contributed by atoms with Crippen molar-refractivity contribution < 1.29 is 14.7 Å². The molecule has 108 valence electrons. The van der Waals surface area contributed by atoms with E-state index in [1.165, 1.54) is 16.2 Å². The molecule has 5 heteroatoms. The first kappa shape index (κ1) is 14.0. The summed E-state index contributed by atoms with van der Waals surface area (Å²) < 4.78 is 0. The van der Waals surface area contributed by atoms with Crippen molar-refractivity contribution in [2.45, 2.75) is 18.9 Å². The fourth-order valence-corrected chi connectivity index (χ4v) is 3.50. The van der Waals surface area contributed by atoms with Gasteiger partial charge in [-0.15, -0.1) is 11.3 Å². The molecule has 2 aromatic rings. The molecule has 0 bridgehead atoms. The summed E-state index contributed by atoms with van der Waals surface area (Å²) in [7, 11) is 1.61. The number of nitrogens with zero attached hydrogens (tertiary/aromatic N) is 1. The molecule has 1 aromatic heterocycles. The van der Waals surface area contributed by atoms with Gasteiger partial charge in [0.25, 0.3) is 5.91 Å². The van der Waals surface area contributed by atoms with Gasteiger partial charge in [-0.2, -0.15) is 0 Å². The van der Waals surface area contributed by atoms with E-state index in [0.29, 0.717) is 16.1 Å². The van der Waals surface area contributed by atoms with Gasteiger partial charge in [-0.1, -0.05) is 18.2 Å². The largest absolute Gasteiger partial charge is 0.375 e. The van der Waals surface area contributed by atoms with E-state index in [9.17, 15) is 14.7 Å². The molecule has 1 aromatic carbocycles. The molecular formula is C16H15NO3S. The van der Waals surface area contributed by atoms with Gasteiger partial charge in [0.1, 0.15) is 0 Å². The van der Waals surface area contributed by atoms with Crippen molar-refractivity contribution in [3.05, 3.63) is 51.7 Å². The zero-order valence-electron chi connectivity index (χ0n) is 11.8. The van der Waals surface area contributed by atoms with E-state index >= 15 is 0 Å². The van der Waals surface area contributed by atoms with Crippen molar-refractivity contribution in [1.29, 1.82) is 0 Å². The molecule has 0 spiro atoms. The fraction of sp³-hybridized carbons (Fsp3) is 0.250. The van der Waals surface area contributed by atoms with Crippen molar-refractivity contribution in [2.75, 3.05) is 11.9 Å². The Morgan fingerprint density at radius 1 is 1.29 bits per heavy atom. The first-order valence-electron chi connectivity index (χ1n) is 6.63. The Balaban J connectivity index is 1.97. The number of hydrogen-bond donors (Lipinski definition) is 1. The summed E-state index contributed by atoms with van der Waals surface area (Å²) in [6.45, 7) is 1.92. The molecule has 1 N–H and O–H groups in total. The van der Waals surface area contributed by atoms with Crippen LogP contribution < -0.4 is 4.90 Å². The number of likely N-dealkylation sites (N-methyl/N-ethyl adjacent to an activating group) is 1. The summed E-state index contributed by atoms with van der Waals surface area (Å²) in [5.41, 5.74) is -0.611. The SMILES string of the molecule is Cc1ccc(C(=O)C[C@]2(O)C(=O)N(C)c3ccccc32)s1. The maximum absolute atomic E-state index is 12.4. The predicted molar refractivity (Wildman–Crippen MR) is 81.8 cm³/mol. The number of amides is 1. The molecule has 1 aliphatic heterocycles. The van der Waals surface area contributed by atoms with E-state index in [-0.39, 0.29) is 12.2 Å². The molecular weight excluding hydrogens is 286 g/mol. The van der Waals surface area contributed by atoms with E-state index in [4.69, 9.17) is 0 Å². The zero-order chi connectivity index (χ0) is 15.2. The second-order valence-electron chi connectivity index (χ2n) is 5.25. The Hall–Kier alpha value is -1.98. The quantitative estimate of drug-likeness (QED) is 0.886. The number of Topliss-reactive ketones (excluding diaryl/α,β-unsaturated/α-hetero) is 1. The number of aliphatic hydroxyl groups is 1. The molecule has 0 saturated carbocycles. The van der Waals surface area contributed by atoms with Crippen LogP contribution in [0.3, 0.4) is 0 Å². The normalized spacial score (nSPS) is 20.7. The van der Waals surface area contributed by atoms with Crippen LogP contribution in [-0.2, 0) is 10.4 Å². The molecule has 1 amide bonds. The third-order valence-electron chi connectivity index (χ3n) is 3.80.